The van der Waals surface area contributed by atoms with Crippen LogP contribution in [0.5, 0.6) is 5.75 Å². The number of nitrogens with one attached hydrogen (secondary N) is 1. The Labute approximate surface area is 130 Å². The van der Waals surface area contributed by atoms with Gasteiger partial charge in [-0.1, -0.05) is 12.1 Å². The van der Waals surface area contributed by atoms with E-state index in [0.29, 0.717) is 18.8 Å². The van der Waals surface area contributed by atoms with Crippen LogP contribution in [0.15, 0.2) is 52.2 Å². The van der Waals surface area contributed by atoms with Crippen molar-refractivity contribution < 1.29 is 13.9 Å². The minimum atomic E-state index is -0.103. The lowest BCUT2D eigenvalue weighted by Gasteiger charge is -2.05. The molecule has 0 saturated carbocycles. The highest BCUT2D eigenvalue weighted by Gasteiger charge is 2.01. The van der Waals surface area contributed by atoms with E-state index in [1.165, 1.54) is 11.8 Å². The number of hydrogen-bond acceptors (Lipinski definition) is 4. The van der Waals surface area contributed by atoms with Crippen molar-refractivity contribution in [1.29, 1.82) is 0 Å². The molecule has 1 aromatic heterocycles. The molecule has 116 valence electrons. The molecule has 1 aromatic carbocycles. The van der Waals surface area contributed by atoms with Crippen LogP contribution in [0.2, 0.25) is 0 Å². The van der Waals surface area contributed by atoms with E-state index < -0.39 is 0 Å². The number of carbonyl (C=O) groups excluding carboxylic acids is 1. The molecule has 1 N–H and O–H groups in total. The van der Waals surface area contributed by atoms with Crippen LogP contribution in [-0.4, -0.2) is 18.7 Å². The third-order valence-electron chi connectivity index (χ3n) is 3.03. The standard InChI is InChI=1S/C17H20N2O3/c1-2-21-15-10-8-14(9-11-15)5-3-7-17(20)19-18-13-16-6-4-12-22-16/h4,6,8-13H,2-3,5,7H2,1H3,(H,19,20). The third-order valence-corrected chi connectivity index (χ3v) is 3.03. The average molecular weight is 300 g/mol. The number of rotatable bonds is 8. The summed E-state index contributed by atoms with van der Waals surface area (Å²) in [6.45, 7) is 2.62. The van der Waals surface area contributed by atoms with E-state index in [-0.39, 0.29) is 5.91 Å². The van der Waals surface area contributed by atoms with Gasteiger partial charge in [-0.3, -0.25) is 4.79 Å². The number of nitrogens with zero attached hydrogens (tertiary/aromatic N) is 1. The SMILES string of the molecule is CCOc1ccc(CCCC(=O)NN=Cc2ccco2)cc1. The van der Waals surface area contributed by atoms with Gasteiger partial charge in [0, 0.05) is 6.42 Å². The Morgan fingerprint density at radius 3 is 2.82 bits per heavy atom. The number of benzene rings is 1. The molecule has 1 amide bonds. The summed E-state index contributed by atoms with van der Waals surface area (Å²) in [5.74, 6) is 1.37. The van der Waals surface area contributed by atoms with Crippen molar-refractivity contribution in [3.8, 4) is 5.75 Å². The molecule has 5 nitrogen and oxygen atoms in total. The molecule has 0 radical (unpaired) electrons. The molecule has 2 aromatic rings. The van der Waals surface area contributed by atoms with Gasteiger partial charge in [-0.15, -0.1) is 0 Å². The van der Waals surface area contributed by atoms with Gasteiger partial charge < -0.3 is 9.15 Å². The number of ether oxygens (including phenoxy) is 1. The van der Waals surface area contributed by atoms with Crippen molar-refractivity contribution in [2.75, 3.05) is 6.61 Å². The maximum atomic E-state index is 11.6. The Morgan fingerprint density at radius 2 is 2.14 bits per heavy atom. The van der Waals surface area contributed by atoms with E-state index in [0.717, 1.165) is 18.6 Å². The molecule has 22 heavy (non-hydrogen) atoms. The molecule has 0 fully saturated rings. The zero-order chi connectivity index (χ0) is 15.6. The fourth-order valence-electron chi connectivity index (χ4n) is 1.96. The Kier molecular flexibility index (Phi) is 6.23. The topological polar surface area (TPSA) is 63.8 Å². The summed E-state index contributed by atoms with van der Waals surface area (Å²) in [5, 5.41) is 3.84. The van der Waals surface area contributed by atoms with Gasteiger partial charge in [-0.2, -0.15) is 5.10 Å². The maximum Gasteiger partial charge on any atom is 0.240 e. The molecule has 1 heterocycles. The Balaban J connectivity index is 1.66. The fourth-order valence-corrected chi connectivity index (χ4v) is 1.96. The van der Waals surface area contributed by atoms with E-state index >= 15 is 0 Å². The van der Waals surface area contributed by atoms with Crippen molar-refractivity contribution in [1.82, 2.24) is 5.43 Å². The zero-order valence-electron chi connectivity index (χ0n) is 12.6. The molecule has 5 heteroatoms. The third kappa shape index (κ3) is 5.44. The molecule has 0 aliphatic heterocycles. The molecule has 0 unspecified atom stereocenters. The first-order valence-corrected chi connectivity index (χ1v) is 7.35. The Bertz CT molecular complexity index is 589. The minimum Gasteiger partial charge on any atom is -0.494 e. The van der Waals surface area contributed by atoms with Crippen molar-refractivity contribution in [2.45, 2.75) is 26.2 Å². The second-order valence-electron chi connectivity index (χ2n) is 4.74. The van der Waals surface area contributed by atoms with Crippen molar-refractivity contribution in [3.05, 3.63) is 54.0 Å². The summed E-state index contributed by atoms with van der Waals surface area (Å²) in [5.41, 5.74) is 3.67. The van der Waals surface area contributed by atoms with Crippen LogP contribution in [-0.2, 0) is 11.2 Å². The van der Waals surface area contributed by atoms with Gasteiger partial charge in [0.1, 0.15) is 11.5 Å². The van der Waals surface area contributed by atoms with Crippen molar-refractivity contribution >= 4 is 12.1 Å². The van der Waals surface area contributed by atoms with Crippen LogP contribution in [0, 0.1) is 0 Å². The second kappa shape index (κ2) is 8.67. The number of aryl methyl sites for hydroxylation is 1. The molecule has 0 atom stereocenters. The lowest BCUT2D eigenvalue weighted by Crippen LogP contribution is -2.17. The van der Waals surface area contributed by atoms with E-state index in [1.54, 1.807) is 18.4 Å². The summed E-state index contributed by atoms with van der Waals surface area (Å²) in [4.78, 5) is 11.6. The first-order chi connectivity index (χ1) is 10.8. The van der Waals surface area contributed by atoms with Crippen LogP contribution in [0.1, 0.15) is 31.1 Å². The zero-order valence-corrected chi connectivity index (χ0v) is 12.6. The highest BCUT2D eigenvalue weighted by Crippen LogP contribution is 2.13. The monoisotopic (exact) mass is 300 g/mol. The van der Waals surface area contributed by atoms with E-state index in [4.69, 9.17) is 9.15 Å². The lowest BCUT2D eigenvalue weighted by atomic mass is 10.1. The number of furan rings is 1. The van der Waals surface area contributed by atoms with Crippen LogP contribution in [0.3, 0.4) is 0 Å². The van der Waals surface area contributed by atoms with Crippen LogP contribution < -0.4 is 10.2 Å². The number of carbonyl (C=O) groups is 1. The number of hydrazone groups is 1. The fraction of sp³-hybridized carbons (Fsp3) is 0.294. The summed E-state index contributed by atoms with van der Waals surface area (Å²) in [6, 6.07) is 11.5. The van der Waals surface area contributed by atoms with Gasteiger partial charge in [0.25, 0.3) is 0 Å². The molecule has 0 bridgehead atoms. The molecule has 0 aliphatic rings. The van der Waals surface area contributed by atoms with E-state index in [9.17, 15) is 4.79 Å². The average Bonchev–Trinajstić information content (AvgIpc) is 3.03. The van der Waals surface area contributed by atoms with Gasteiger partial charge in [0.05, 0.1) is 19.1 Å². The predicted molar refractivity (Wildman–Crippen MR) is 85.0 cm³/mol. The number of amides is 1. The molecule has 2 rings (SSSR count). The smallest absolute Gasteiger partial charge is 0.240 e. The van der Waals surface area contributed by atoms with Crippen molar-refractivity contribution in [3.63, 3.8) is 0 Å². The van der Waals surface area contributed by atoms with Crippen LogP contribution in [0.25, 0.3) is 0 Å². The second-order valence-corrected chi connectivity index (χ2v) is 4.74. The number of hydrogen-bond donors (Lipinski definition) is 1. The highest BCUT2D eigenvalue weighted by molar-refractivity contribution is 5.80. The minimum absolute atomic E-state index is 0.103. The van der Waals surface area contributed by atoms with Gasteiger partial charge in [0.15, 0.2) is 0 Å². The van der Waals surface area contributed by atoms with E-state index in [1.807, 2.05) is 31.2 Å². The molecule has 0 aliphatic carbocycles. The molecular weight excluding hydrogens is 280 g/mol. The largest absolute Gasteiger partial charge is 0.494 e. The highest BCUT2D eigenvalue weighted by atomic mass is 16.5. The lowest BCUT2D eigenvalue weighted by molar-refractivity contribution is -0.121. The van der Waals surface area contributed by atoms with Gasteiger partial charge in [-0.05, 0) is 49.6 Å². The summed E-state index contributed by atoms with van der Waals surface area (Å²) >= 11 is 0. The summed E-state index contributed by atoms with van der Waals surface area (Å²) in [6.07, 6.45) is 5.09. The molecular formula is C17H20N2O3. The molecule has 0 spiro atoms. The van der Waals surface area contributed by atoms with Crippen LogP contribution in [0.4, 0.5) is 0 Å². The first kappa shape index (κ1) is 15.8. The molecule has 0 saturated heterocycles. The summed E-state index contributed by atoms with van der Waals surface area (Å²) < 4.78 is 10.5. The van der Waals surface area contributed by atoms with Gasteiger partial charge in [-0.25, -0.2) is 5.43 Å². The Morgan fingerprint density at radius 1 is 1.32 bits per heavy atom. The quantitative estimate of drug-likeness (QED) is 0.601. The van der Waals surface area contributed by atoms with Crippen molar-refractivity contribution in [2.24, 2.45) is 5.10 Å². The Hall–Kier alpha value is -2.56. The van der Waals surface area contributed by atoms with Crippen LogP contribution >= 0.6 is 0 Å². The van der Waals surface area contributed by atoms with E-state index in [2.05, 4.69) is 10.5 Å². The first-order valence-electron chi connectivity index (χ1n) is 7.35. The van der Waals surface area contributed by atoms with Gasteiger partial charge in [0.2, 0.25) is 5.91 Å². The normalized spacial score (nSPS) is 10.8. The maximum absolute atomic E-state index is 11.6. The predicted octanol–water partition coefficient (Wildman–Crippen LogP) is 3.15. The van der Waals surface area contributed by atoms with Gasteiger partial charge >= 0.3 is 0 Å². The summed E-state index contributed by atoms with van der Waals surface area (Å²) in [7, 11) is 0.